The molecule has 9 nitrogen and oxygen atoms in total. The number of nitrogens with one attached hydrogen (secondary N) is 1. The van der Waals surface area contributed by atoms with E-state index in [2.05, 4.69) is 5.32 Å². The summed E-state index contributed by atoms with van der Waals surface area (Å²) in [6.07, 6.45) is 1.84. The van der Waals surface area contributed by atoms with Gasteiger partial charge in [-0.2, -0.15) is 0 Å². The van der Waals surface area contributed by atoms with E-state index in [9.17, 15) is 24.3 Å². The molecule has 2 aromatic heterocycles. The Bertz CT molecular complexity index is 1440. The van der Waals surface area contributed by atoms with Crippen molar-refractivity contribution in [1.82, 2.24) is 4.57 Å². The topological polar surface area (TPSA) is 124 Å². The summed E-state index contributed by atoms with van der Waals surface area (Å²) in [5, 5.41) is 13.8. The zero-order valence-electron chi connectivity index (χ0n) is 22.4. The van der Waals surface area contributed by atoms with Crippen molar-refractivity contribution in [3.8, 4) is 16.9 Å². The molecule has 2 heterocycles. The van der Waals surface area contributed by atoms with Crippen molar-refractivity contribution >= 4 is 46.3 Å². The molecule has 0 fully saturated rings. The molecule has 0 saturated carbocycles. The maximum atomic E-state index is 13.5. The van der Waals surface area contributed by atoms with Gasteiger partial charge in [-0.1, -0.05) is 18.5 Å². The summed E-state index contributed by atoms with van der Waals surface area (Å²) in [7, 11) is 1.43. The summed E-state index contributed by atoms with van der Waals surface area (Å²) in [5.74, 6) is -1.49. The summed E-state index contributed by atoms with van der Waals surface area (Å²) in [6, 6.07) is 6.48. The number of nitrogens with zero attached hydrogens (tertiary/aromatic N) is 1. The number of aromatic carboxylic acids is 1. The molecule has 1 aromatic carbocycles. The minimum atomic E-state index is -1.10. The van der Waals surface area contributed by atoms with Crippen molar-refractivity contribution in [3.63, 3.8) is 0 Å². The Hall–Kier alpha value is -3.47. The van der Waals surface area contributed by atoms with Crippen LogP contribution in [0.2, 0.25) is 5.02 Å². The first kappa shape index (κ1) is 30.1. The van der Waals surface area contributed by atoms with E-state index in [1.54, 1.807) is 25.1 Å². The quantitative estimate of drug-likeness (QED) is 0.273. The van der Waals surface area contributed by atoms with Crippen molar-refractivity contribution in [2.45, 2.75) is 52.2 Å². The zero-order valence-corrected chi connectivity index (χ0v) is 23.9. The number of halogens is 1. The molecule has 2 N–H and O–H groups in total. The van der Waals surface area contributed by atoms with Crippen molar-refractivity contribution < 1.29 is 29.0 Å². The Labute approximate surface area is 235 Å². The molecule has 39 heavy (non-hydrogen) atoms. The van der Waals surface area contributed by atoms with Crippen LogP contribution in [0.3, 0.4) is 0 Å². The molecule has 1 unspecified atom stereocenters. The van der Waals surface area contributed by atoms with Crippen LogP contribution in [0.15, 0.2) is 46.7 Å². The fourth-order valence-corrected chi connectivity index (χ4v) is 4.78. The Morgan fingerprint density at radius 3 is 2.46 bits per heavy atom. The van der Waals surface area contributed by atoms with E-state index in [0.717, 1.165) is 11.3 Å². The number of methoxy groups -OCH3 is 1. The molecule has 0 radical (unpaired) electrons. The average Bonchev–Trinajstić information content (AvgIpc) is 3.34. The second-order valence-corrected chi connectivity index (χ2v) is 11.1. The molecule has 1 atom stereocenters. The highest BCUT2D eigenvalue weighted by molar-refractivity contribution is 7.12. The van der Waals surface area contributed by atoms with Crippen LogP contribution < -0.4 is 15.6 Å². The highest BCUT2D eigenvalue weighted by Gasteiger charge is 2.26. The zero-order chi connectivity index (χ0) is 28.9. The van der Waals surface area contributed by atoms with E-state index in [1.807, 2.05) is 20.8 Å². The number of benzene rings is 1. The largest absolute Gasteiger partial charge is 0.495 e. The fraction of sp³-hybridized carbons (Fsp3) is 0.357. The van der Waals surface area contributed by atoms with Gasteiger partial charge in [0.2, 0.25) is 5.91 Å². The van der Waals surface area contributed by atoms with Gasteiger partial charge in [-0.05, 0) is 50.6 Å². The first-order valence-electron chi connectivity index (χ1n) is 12.2. The lowest BCUT2D eigenvalue weighted by Gasteiger charge is -2.24. The van der Waals surface area contributed by atoms with Crippen LogP contribution in [0, 0.1) is 0 Å². The number of carbonyl (C=O) groups excluding carboxylic acids is 2. The summed E-state index contributed by atoms with van der Waals surface area (Å²) >= 11 is 7.21. The molecule has 0 aliphatic heterocycles. The van der Waals surface area contributed by atoms with E-state index in [4.69, 9.17) is 21.1 Å². The van der Waals surface area contributed by atoms with Crippen molar-refractivity contribution in [3.05, 3.63) is 67.7 Å². The number of rotatable bonds is 11. The second-order valence-electron chi connectivity index (χ2n) is 9.73. The number of aromatic nitrogens is 1. The lowest BCUT2D eigenvalue weighted by Crippen LogP contribution is -2.34. The smallest absolute Gasteiger partial charge is 0.345 e. The van der Waals surface area contributed by atoms with E-state index in [1.165, 1.54) is 35.4 Å². The Kier molecular flexibility index (Phi) is 9.71. The number of hydrogen-bond acceptors (Lipinski definition) is 7. The maximum absolute atomic E-state index is 13.5. The number of carboxylic acid groups (broad SMARTS) is 1. The predicted molar refractivity (Wildman–Crippen MR) is 152 cm³/mol. The minimum Gasteiger partial charge on any atom is -0.495 e. The lowest BCUT2D eigenvalue weighted by atomic mass is 9.96. The van der Waals surface area contributed by atoms with Crippen LogP contribution in [-0.4, -0.2) is 46.7 Å². The molecular formula is C28H31ClN2O7S. The van der Waals surface area contributed by atoms with Crippen molar-refractivity contribution in [1.29, 1.82) is 0 Å². The summed E-state index contributed by atoms with van der Waals surface area (Å²) in [6.45, 7) is 7.55. The number of pyridine rings is 1. The second kappa shape index (κ2) is 12.6. The number of anilines is 1. The van der Waals surface area contributed by atoms with Gasteiger partial charge < -0.3 is 19.9 Å². The van der Waals surface area contributed by atoms with Crippen LogP contribution >= 0.6 is 22.9 Å². The fourth-order valence-electron chi connectivity index (χ4n) is 3.93. The van der Waals surface area contributed by atoms with Crippen LogP contribution in [0.5, 0.6) is 5.75 Å². The summed E-state index contributed by atoms with van der Waals surface area (Å²) < 4.78 is 12.7. The molecule has 3 aromatic rings. The number of Topliss-reactive ketones (excluding diaryl/α,β-unsaturated/α-hetero) is 1. The van der Waals surface area contributed by atoms with Gasteiger partial charge >= 0.3 is 5.97 Å². The van der Waals surface area contributed by atoms with E-state index >= 15 is 0 Å². The lowest BCUT2D eigenvalue weighted by molar-refractivity contribution is -0.120. The Morgan fingerprint density at radius 2 is 1.87 bits per heavy atom. The standard InChI is InChI=1S/C28H31ClN2O7S/c1-6-22(32)18-8-7-16(29)11-19(18)20-13-25(33)31(14-23(20)37-5)21(9-10-38-28(2,3)4)26(34)30-17-12-24(27(35)36)39-15-17/h7-8,11-15,21H,6,9-10H2,1-5H3,(H,30,34)(H,35,36). The van der Waals surface area contributed by atoms with Gasteiger partial charge in [-0.3, -0.25) is 19.0 Å². The van der Waals surface area contributed by atoms with Crippen LogP contribution in [0.1, 0.15) is 66.6 Å². The first-order chi connectivity index (χ1) is 18.3. The van der Waals surface area contributed by atoms with Gasteiger partial charge in [0.15, 0.2) is 5.78 Å². The number of amides is 1. The van der Waals surface area contributed by atoms with Gasteiger partial charge in [0.05, 0.1) is 24.6 Å². The highest BCUT2D eigenvalue weighted by Crippen LogP contribution is 2.34. The normalized spacial score (nSPS) is 12.2. The molecule has 0 bridgehead atoms. The summed E-state index contributed by atoms with van der Waals surface area (Å²) in [4.78, 5) is 50.8. The highest BCUT2D eigenvalue weighted by atomic mass is 35.5. The number of ether oxygens (including phenoxy) is 2. The van der Waals surface area contributed by atoms with Crippen molar-refractivity contribution in [2.75, 3.05) is 19.0 Å². The molecule has 0 spiro atoms. The number of carboxylic acids is 1. The third-order valence-electron chi connectivity index (χ3n) is 5.80. The molecule has 11 heteroatoms. The van der Waals surface area contributed by atoms with Gasteiger partial charge in [-0.15, -0.1) is 11.3 Å². The van der Waals surface area contributed by atoms with Crippen molar-refractivity contribution in [2.24, 2.45) is 0 Å². The first-order valence-corrected chi connectivity index (χ1v) is 13.5. The third kappa shape index (κ3) is 7.56. The van der Waals surface area contributed by atoms with E-state index in [0.29, 0.717) is 27.4 Å². The molecule has 1 amide bonds. The monoisotopic (exact) mass is 574 g/mol. The molecule has 3 rings (SSSR count). The molecule has 208 valence electrons. The van der Waals surface area contributed by atoms with Crippen LogP contribution in [0.4, 0.5) is 5.69 Å². The maximum Gasteiger partial charge on any atom is 0.345 e. The van der Waals surface area contributed by atoms with Gasteiger partial charge in [-0.25, -0.2) is 4.79 Å². The minimum absolute atomic E-state index is 0.0695. The molecular weight excluding hydrogens is 544 g/mol. The Morgan fingerprint density at radius 1 is 1.15 bits per heavy atom. The Balaban J connectivity index is 2.07. The average molecular weight is 575 g/mol. The predicted octanol–water partition coefficient (Wildman–Crippen LogP) is 5.91. The van der Waals surface area contributed by atoms with Gasteiger partial charge in [0.1, 0.15) is 16.7 Å². The number of thiophene rings is 1. The molecule has 0 aliphatic carbocycles. The summed E-state index contributed by atoms with van der Waals surface area (Å²) in [5.41, 5.74) is 0.554. The number of ketones is 1. The molecule has 0 saturated heterocycles. The number of hydrogen-bond donors (Lipinski definition) is 2. The third-order valence-corrected chi connectivity index (χ3v) is 6.95. The van der Waals surface area contributed by atoms with Gasteiger partial charge in [0.25, 0.3) is 5.56 Å². The molecule has 0 aliphatic rings. The van der Waals surface area contributed by atoms with E-state index < -0.39 is 29.1 Å². The number of carbonyl (C=O) groups is 3. The van der Waals surface area contributed by atoms with Gasteiger partial charge in [0, 0.05) is 47.0 Å². The SMILES string of the molecule is CCC(=O)c1ccc(Cl)cc1-c1cc(=O)n(C(CCOC(C)(C)C)C(=O)Nc2csc(C(=O)O)c2)cc1OC. The van der Waals surface area contributed by atoms with Crippen LogP contribution in [-0.2, 0) is 9.53 Å². The van der Waals surface area contributed by atoms with Crippen LogP contribution in [0.25, 0.3) is 11.1 Å². The van der Waals surface area contributed by atoms with E-state index in [-0.39, 0.29) is 35.9 Å².